The zero-order valence-corrected chi connectivity index (χ0v) is 40.9. The molecule has 1 heterocycles. The van der Waals surface area contributed by atoms with Crippen LogP contribution in [0.25, 0.3) is 158 Å². The predicted molar refractivity (Wildman–Crippen MR) is 323 cm³/mol. The van der Waals surface area contributed by atoms with Crippen molar-refractivity contribution in [3.05, 3.63) is 273 Å². The highest BCUT2D eigenvalue weighted by molar-refractivity contribution is 6.32. The largest absolute Gasteiger partial charge is 0.309 e. The Labute approximate surface area is 433 Å². The average molecular weight is 948 g/mol. The van der Waals surface area contributed by atoms with Gasteiger partial charge in [-0.2, -0.15) is 0 Å². The molecule has 0 bridgehead atoms. The minimum absolute atomic E-state index is 1.14. The second-order valence-corrected chi connectivity index (χ2v) is 20.3. The lowest BCUT2D eigenvalue weighted by atomic mass is 9.90. The maximum absolute atomic E-state index is 2.51. The SMILES string of the molecule is c1ccc(-n2c3cc(-c4ccc(-c5ccc6c7ccccc7c7ccccc7c6c5)cc4)c4ccccc4c3c3c4ccccc4c(-c4ccc(-c5ccc6c7ccccc7c7ccccc7c6c5)cc4)cc32)cc1. The van der Waals surface area contributed by atoms with Gasteiger partial charge in [-0.05, 0) is 167 Å². The minimum atomic E-state index is 1.14. The van der Waals surface area contributed by atoms with E-state index in [0.717, 1.165) is 5.69 Å². The number of hydrogen-bond donors (Lipinski definition) is 0. The fraction of sp³-hybridized carbons (Fsp3) is 0. The van der Waals surface area contributed by atoms with Crippen LogP contribution in [0.1, 0.15) is 0 Å². The third kappa shape index (κ3) is 6.32. The molecule has 0 saturated heterocycles. The normalized spacial score (nSPS) is 12.0. The van der Waals surface area contributed by atoms with Gasteiger partial charge in [0.05, 0.1) is 11.0 Å². The van der Waals surface area contributed by atoms with E-state index < -0.39 is 0 Å². The van der Waals surface area contributed by atoms with Gasteiger partial charge >= 0.3 is 0 Å². The highest BCUT2D eigenvalue weighted by atomic mass is 15.0. The van der Waals surface area contributed by atoms with E-state index >= 15 is 0 Å². The minimum Gasteiger partial charge on any atom is -0.309 e. The maximum Gasteiger partial charge on any atom is 0.0553 e. The second-order valence-electron chi connectivity index (χ2n) is 20.3. The first-order chi connectivity index (χ1) is 37.2. The van der Waals surface area contributed by atoms with Gasteiger partial charge in [0.1, 0.15) is 0 Å². The number of hydrogen-bond acceptors (Lipinski definition) is 0. The molecule has 16 aromatic rings. The van der Waals surface area contributed by atoms with Gasteiger partial charge in [-0.1, -0.05) is 237 Å². The lowest BCUT2D eigenvalue weighted by molar-refractivity contribution is 1.18. The van der Waals surface area contributed by atoms with Gasteiger partial charge < -0.3 is 4.57 Å². The summed E-state index contributed by atoms with van der Waals surface area (Å²) < 4.78 is 2.51. The molecule has 0 N–H and O–H groups in total. The van der Waals surface area contributed by atoms with Crippen LogP contribution >= 0.6 is 0 Å². The fourth-order valence-electron chi connectivity index (χ4n) is 12.9. The zero-order chi connectivity index (χ0) is 49.1. The van der Waals surface area contributed by atoms with Crippen LogP contribution in [0.3, 0.4) is 0 Å². The second kappa shape index (κ2) is 16.3. The van der Waals surface area contributed by atoms with Crippen molar-refractivity contribution in [3.63, 3.8) is 0 Å². The fourth-order valence-corrected chi connectivity index (χ4v) is 12.9. The molecule has 1 heteroatoms. The molecule has 0 amide bonds. The van der Waals surface area contributed by atoms with Crippen molar-refractivity contribution in [2.24, 2.45) is 0 Å². The topological polar surface area (TPSA) is 4.93 Å². The summed E-state index contributed by atoms with van der Waals surface area (Å²) in [5.74, 6) is 0. The molecule has 0 saturated carbocycles. The Morgan fingerprint density at radius 1 is 0.173 bits per heavy atom. The average Bonchev–Trinajstić information content (AvgIpc) is 3.85. The standard InChI is InChI=1S/C74H45N/c1-2-16-52(17-3-1)75-71-44-67(48-34-30-46(31-35-48)50-38-40-63-57-22-6-4-18-53(57)55-20-8-10-24-59(55)69(63)42-50)61-26-12-14-28-65(61)73(71)74-66-29-15-13-27-62(66)68(45-72(74)75)49-36-32-47(33-37-49)51-39-41-64-58-23-7-5-19-54(58)56-21-9-11-25-60(56)70(64)43-51/h1-45H. The summed E-state index contributed by atoms with van der Waals surface area (Å²) >= 11 is 0. The molecule has 1 aromatic heterocycles. The van der Waals surface area contributed by atoms with E-state index in [1.165, 1.54) is 152 Å². The monoisotopic (exact) mass is 947 g/mol. The summed E-state index contributed by atoms with van der Waals surface area (Å²) in [7, 11) is 0. The van der Waals surface area contributed by atoms with E-state index in [4.69, 9.17) is 0 Å². The summed E-state index contributed by atoms with van der Waals surface area (Å²) in [6.45, 7) is 0. The van der Waals surface area contributed by atoms with Crippen LogP contribution in [0.5, 0.6) is 0 Å². The summed E-state index contributed by atoms with van der Waals surface area (Å²) in [5, 5.41) is 23.0. The van der Waals surface area contributed by atoms with Crippen molar-refractivity contribution in [3.8, 4) is 50.2 Å². The van der Waals surface area contributed by atoms with Gasteiger partial charge in [-0.15, -0.1) is 0 Å². The molecule has 346 valence electrons. The van der Waals surface area contributed by atoms with Crippen LogP contribution in [0.2, 0.25) is 0 Å². The first-order valence-corrected chi connectivity index (χ1v) is 26.1. The Morgan fingerprint density at radius 2 is 0.440 bits per heavy atom. The number of benzene rings is 15. The third-order valence-corrected chi connectivity index (χ3v) is 16.3. The number of para-hydroxylation sites is 1. The van der Waals surface area contributed by atoms with E-state index in [-0.39, 0.29) is 0 Å². The molecule has 0 spiro atoms. The first kappa shape index (κ1) is 41.8. The lowest BCUT2D eigenvalue weighted by Crippen LogP contribution is -1.95. The Kier molecular flexibility index (Phi) is 9.10. The smallest absolute Gasteiger partial charge is 0.0553 e. The van der Waals surface area contributed by atoms with E-state index in [1.807, 2.05) is 0 Å². The van der Waals surface area contributed by atoms with Crippen LogP contribution < -0.4 is 0 Å². The van der Waals surface area contributed by atoms with Crippen molar-refractivity contribution >= 4 is 108 Å². The Balaban J connectivity index is 0.854. The summed E-state index contributed by atoms with van der Waals surface area (Å²) in [4.78, 5) is 0. The van der Waals surface area contributed by atoms with Crippen LogP contribution in [-0.2, 0) is 0 Å². The van der Waals surface area contributed by atoms with Crippen molar-refractivity contribution in [1.29, 1.82) is 0 Å². The number of rotatable bonds is 5. The lowest BCUT2D eigenvalue weighted by Gasteiger charge is -2.14. The molecule has 0 aliphatic carbocycles. The van der Waals surface area contributed by atoms with Gasteiger partial charge in [0.25, 0.3) is 0 Å². The number of nitrogens with zero attached hydrogens (tertiary/aromatic N) is 1. The molecule has 1 nitrogen and oxygen atoms in total. The van der Waals surface area contributed by atoms with E-state index in [1.54, 1.807) is 0 Å². The molecule has 16 rings (SSSR count). The maximum atomic E-state index is 2.51. The van der Waals surface area contributed by atoms with Crippen molar-refractivity contribution in [1.82, 2.24) is 4.57 Å². The molecule has 0 unspecified atom stereocenters. The van der Waals surface area contributed by atoms with Gasteiger partial charge in [-0.25, -0.2) is 0 Å². The van der Waals surface area contributed by atoms with Gasteiger partial charge in [0.2, 0.25) is 0 Å². The predicted octanol–water partition coefficient (Wildman–Crippen LogP) is 20.7. The Morgan fingerprint density at radius 3 is 0.800 bits per heavy atom. The van der Waals surface area contributed by atoms with Crippen molar-refractivity contribution < 1.29 is 0 Å². The third-order valence-electron chi connectivity index (χ3n) is 16.3. The Bertz CT molecular complexity index is 4650. The zero-order valence-electron chi connectivity index (χ0n) is 40.9. The number of aromatic nitrogens is 1. The molecular formula is C74H45N. The number of fused-ring (bicyclic) bond motifs is 19. The van der Waals surface area contributed by atoms with Gasteiger partial charge in [0.15, 0.2) is 0 Å². The first-order valence-electron chi connectivity index (χ1n) is 26.1. The quantitative estimate of drug-likeness (QED) is 0.152. The molecule has 0 aliphatic heterocycles. The molecule has 0 fully saturated rings. The van der Waals surface area contributed by atoms with Gasteiger partial charge in [-0.3, -0.25) is 0 Å². The molecule has 75 heavy (non-hydrogen) atoms. The molecular weight excluding hydrogens is 903 g/mol. The molecule has 0 atom stereocenters. The van der Waals surface area contributed by atoms with Gasteiger partial charge in [0, 0.05) is 16.5 Å². The highest BCUT2D eigenvalue weighted by Crippen LogP contribution is 2.47. The van der Waals surface area contributed by atoms with Crippen LogP contribution in [-0.4, -0.2) is 4.57 Å². The van der Waals surface area contributed by atoms with Crippen LogP contribution in [0.4, 0.5) is 0 Å². The molecule has 15 aromatic carbocycles. The molecule has 0 radical (unpaired) electrons. The van der Waals surface area contributed by atoms with E-state index in [9.17, 15) is 0 Å². The van der Waals surface area contributed by atoms with E-state index in [2.05, 4.69) is 278 Å². The van der Waals surface area contributed by atoms with Crippen molar-refractivity contribution in [2.75, 3.05) is 0 Å². The summed E-state index contributed by atoms with van der Waals surface area (Å²) in [6, 6.07) is 102. The van der Waals surface area contributed by atoms with Crippen LogP contribution in [0, 0.1) is 0 Å². The summed E-state index contributed by atoms with van der Waals surface area (Å²) in [6.07, 6.45) is 0. The van der Waals surface area contributed by atoms with Crippen LogP contribution in [0.15, 0.2) is 273 Å². The van der Waals surface area contributed by atoms with E-state index in [0.29, 0.717) is 0 Å². The highest BCUT2D eigenvalue weighted by Gasteiger charge is 2.22. The van der Waals surface area contributed by atoms with Crippen molar-refractivity contribution in [2.45, 2.75) is 0 Å². The molecule has 0 aliphatic rings. The summed E-state index contributed by atoms with van der Waals surface area (Å²) in [5.41, 5.74) is 13.2. The Hall–Kier alpha value is -9.82.